The third-order valence-corrected chi connectivity index (χ3v) is 2.18. The monoisotopic (exact) mass is 351 g/mol. The maximum atomic E-state index is 10.8. The highest BCUT2D eigenvalue weighted by molar-refractivity contribution is 5.89. The van der Waals surface area contributed by atoms with Gasteiger partial charge in [0.05, 0.1) is 19.8 Å². The molecular formula is C18H25NO6. The predicted molar refractivity (Wildman–Crippen MR) is 94.4 cm³/mol. The first-order valence-corrected chi connectivity index (χ1v) is 7.08. The molecule has 0 aromatic carbocycles. The van der Waals surface area contributed by atoms with Crippen molar-refractivity contribution in [1.29, 1.82) is 5.26 Å². The number of carbonyl (C=O) groups excluding carboxylic acids is 2. The topological polar surface area (TPSA) is 114 Å². The van der Waals surface area contributed by atoms with Gasteiger partial charge in [0.15, 0.2) is 0 Å². The minimum atomic E-state index is -1.00. The molecule has 0 atom stereocenters. The van der Waals surface area contributed by atoms with E-state index in [0.717, 1.165) is 0 Å². The first-order chi connectivity index (χ1) is 11.6. The molecule has 0 spiro atoms. The van der Waals surface area contributed by atoms with Gasteiger partial charge < -0.3 is 14.6 Å². The van der Waals surface area contributed by atoms with Gasteiger partial charge in [-0.15, -0.1) is 0 Å². The highest BCUT2D eigenvalue weighted by Crippen LogP contribution is 2.04. The quantitative estimate of drug-likeness (QED) is 0.444. The minimum Gasteiger partial charge on any atom is -0.478 e. The maximum absolute atomic E-state index is 10.8. The van der Waals surface area contributed by atoms with Crippen molar-refractivity contribution in [2.75, 3.05) is 13.7 Å². The van der Waals surface area contributed by atoms with Crippen LogP contribution in [0.1, 0.15) is 27.2 Å². The van der Waals surface area contributed by atoms with Crippen molar-refractivity contribution < 1.29 is 29.0 Å². The van der Waals surface area contributed by atoms with Crippen LogP contribution < -0.4 is 0 Å². The molecule has 0 aliphatic rings. The van der Waals surface area contributed by atoms with Gasteiger partial charge >= 0.3 is 17.9 Å². The molecular weight excluding hydrogens is 326 g/mol. The summed E-state index contributed by atoms with van der Waals surface area (Å²) in [4.78, 5) is 31.6. The van der Waals surface area contributed by atoms with Crippen molar-refractivity contribution in [2.24, 2.45) is 0 Å². The van der Waals surface area contributed by atoms with Crippen LogP contribution in [0.4, 0.5) is 0 Å². The van der Waals surface area contributed by atoms with E-state index in [1.54, 1.807) is 19.9 Å². The first-order valence-electron chi connectivity index (χ1n) is 7.08. The lowest BCUT2D eigenvalue weighted by Gasteiger charge is -1.99. The molecule has 0 amide bonds. The van der Waals surface area contributed by atoms with Crippen molar-refractivity contribution in [3.05, 3.63) is 48.6 Å². The second-order valence-electron chi connectivity index (χ2n) is 4.33. The van der Waals surface area contributed by atoms with Crippen molar-refractivity contribution in [3.8, 4) is 6.07 Å². The van der Waals surface area contributed by atoms with Gasteiger partial charge in [0, 0.05) is 22.8 Å². The molecule has 0 unspecified atom stereocenters. The maximum Gasteiger partial charge on any atom is 0.333 e. The Labute approximate surface area is 148 Å². The second kappa shape index (κ2) is 17.2. The van der Waals surface area contributed by atoms with Gasteiger partial charge in [-0.1, -0.05) is 25.8 Å². The molecule has 0 radical (unpaired) electrons. The average Bonchev–Trinajstić information content (AvgIpc) is 2.59. The molecule has 0 fully saturated rings. The van der Waals surface area contributed by atoms with E-state index in [-0.39, 0.29) is 23.5 Å². The number of rotatable bonds is 6. The van der Waals surface area contributed by atoms with Crippen molar-refractivity contribution in [2.45, 2.75) is 27.2 Å². The summed E-state index contributed by atoms with van der Waals surface area (Å²) >= 11 is 0. The molecule has 0 heterocycles. The van der Waals surface area contributed by atoms with E-state index >= 15 is 0 Å². The standard InChI is InChI=1S/C9H12O4.C6H10O2.C3H3N/c1-6(8(10)11)4-5-7(2)9(12)13-3;1-4-8-6(7)5(2)3;1-2-3-4/h4H,2,5H2,1,3H3,(H,10,11);2,4H2,1,3H3;2H,1H2. The Morgan fingerprint density at radius 2 is 1.68 bits per heavy atom. The zero-order valence-corrected chi connectivity index (χ0v) is 15.1. The molecule has 0 aliphatic heterocycles. The Hall–Kier alpha value is -3.14. The van der Waals surface area contributed by atoms with Crippen molar-refractivity contribution >= 4 is 17.9 Å². The van der Waals surface area contributed by atoms with Gasteiger partial charge in [-0.05, 0) is 27.2 Å². The molecule has 7 nitrogen and oxygen atoms in total. The number of aliphatic carboxylic acids is 1. The zero-order chi connectivity index (χ0) is 20.4. The van der Waals surface area contributed by atoms with Crippen LogP contribution in [0.15, 0.2) is 48.6 Å². The zero-order valence-electron chi connectivity index (χ0n) is 15.1. The van der Waals surface area contributed by atoms with E-state index in [9.17, 15) is 14.4 Å². The summed E-state index contributed by atoms with van der Waals surface area (Å²) in [6.45, 7) is 15.2. The smallest absolute Gasteiger partial charge is 0.333 e. The van der Waals surface area contributed by atoms with Crippen molar-refractivity contribution in [1.82, 2.24) is 0 Å². The fourth-order valence-corrected chi connectivity index (χ4v) is 0.846. The number of carboxylic acids is 1. The van der Waals surface area contributed by atoms with E-state index in [2.05, 4.69) is 29.2 Å². The number of hydrogen-bond donors (Lipinski definition) is 1. The van der Waals surface area contributed by atoms with Crippen LogP contribution in [0, 0.1) is 11.3 Å². The minimum absolute atomic E-state index is 0.185. The Kier molecular flexibility index (Phi) is 18.4. The molecule has 0 aromatic rings. The van der Waals surface area contributed by atoms with E-state index < -0.39 is 11.9 Å². The normalized spacial score (nSPS) is 8.84. The lowest BCUT2D eigenvalue weighted by Crippen LogP contribution is -2.03. The summed E-state index contributed by atoms with van der Waals surface area (Å²) in [7, 11) is 1.25. The number of allylic oxidation sites excluding steroid dienone is 2. The third-order valence-electron chi connectivity index (χ3n) is 2.18. The van der Waals surface area contributed by atoms with Gasteiger partial charge in [-0.25, -0.2) is 14.4 Å². The number of carbonyl (C=O) groups is 3. The highest BCUT2D eigenvalue weighted by Gasteiger charge is 2.05. The van der Waals surface area contributed by atoms with Gasteiger partial charge in [0.2, 0.25) is 0 Å². The van der Waals surface area contributed by atoms with E-state index in [1.165, 1.54) is 26.2 Å². The van der Waals surface area contributed by atoms with Crippen LogP contribution in [-0.4, -0.2) is 36.7 Å². The van der Waals surface area contributed by atoms with Crippen LogP contribution in [0.2, 0.25) is 0 Å². The summed E-state index contributed by atoms with van der Waals surface area (Å²) in [5, 5.41) is 16.0. The van der Waals surface area contributed by atoms with Crippen LogP contribution in [-0.2, 0) is 23.9 Å². The number of nitriles is 1. The Balaban J connectivity index is -0.000000342. The molecule has 0 saturated carbocycles. The van der Waals surface area contributed by atoms with Crippen LogP contribution >= 0.6 is 0 Å². The Bertz CT molecular complexity index is 567. The van der Waals surface area contributed by atoms with Gasteiger partial charge in [0.1, 0.15) is 0 Å². The average molecular weight is 351 g/mol. The Morgan fingerprint density at radius 1 is 1.20 bits per heavy atom. The summed E-state index contributed by atoms with van der Waals surface area (Å²) < 4.78 is 8.95. The number of hydrogen-bond acceptors (Lipinski definition) is 6. The fraction of sp³-hybridized carbons (Fsp3) is 0.333. The number of ether oxygens (including phenoxy) is 2. The van der Waals surface area contributed by atoms with E-state index in [0.29, 0.717) is 12.2 Å². The largest absolute Gasteiger partial charge is 0.478 e. The third kappa shape index (κ3) is 18.8. The van der Waals surface area contributed by atoms with E-state index in [4.69, 9.17) is 10.4 Å². The lowest BCUT2D eigenvalue weighted by molar-refractivity contribution is -0.138. The molecule has 0 bridgehead atoms. The van der Waals surface area contributed by atoms with Gasteiger partial charge in [0.25, 0.3) is 0 Å². The number of carboxylic acid groups (broad SMARTS) is 1. The summed E-state index contributed by atoms with van der Waals surface area (Å²) in [5.74, 6) is -1.83. The van der Waals surface area contributed by atoms with Crippen LogP contribution in [0.3, 0.4) is 0 Å². The SMILES string of the molecule is C=C(C)C(=O)OCC.C=C(CC=C(C)C(=O)O)C(=O)OC.C=CC#N. The highest BCUT2D eigenvalue weighted by atomic mass is 16.5. The number of nitrogens with zero attached hydrogens (tertiary/aromatic N) is 1. The van der Waals surface area contributed by atoms with Crippen LogP contribution in [0.25, 0.3) is 0 Å². The molecule has 138 valence electrons. The molecule has 1 N–H and O–H groups in total. The molecule has 7 heteroatoms. The summed E-state index contributed by atoms with van der Waals surface area (Å²) in [5.41, 5.74) is 0.875. The number of methoxy groups -OCH3 is 1. The predicted octanol–water partition coefficient (Wildman–Crippen LogP) is 2.96. The Morgan fingerprint density at radius 3 is 1.92 bits per heavy atom. The summed E-state index contributed by atoms with van der Waals surface area (Å²) in [6.07, 6.45) is 2.80. The van der Waals surface area contributed by atoms with Gasteiger partial charge in [-0.3, -0.25) is 0 Å². The summed E-state index contributed by atoms with van der Waals surface area (Å²) in [6, 6.07) is 1.69. The van der Waals surface area contributed by atoms with Crippen LogP contribution in [0.5, 0.6) is 0 Å². The van der Waals surface area contributed by atoms with E-state index in [1.807, 2.05) is 0 Å². The number of esters is 2. The molecule has 0 aromatic heterocycles. The fourth-order valence-electron chi connectivity index (χ4n) is 0.846. The van der Waals surface area contributed by atoms with Crippen molar-refractivity contribution in [3.63, 3.8) is 0 Å². The van der Waals surface area contributed by atoms with Gasteiger partial charge in [-0.2, -0.15) is 5.26 Å². The lowest BCUT2D eigenvalue weighted by atomic mass is 10.1. The second-order valence-corrected chi connectivity index (χ2v) is 4.33. The first kappa shape index (κ1) is 26.7. The molecule has 0 aliphatic carbocycles. The molecule has 0 rings (SSSR count). The molecule has 25 heavy (non-hydrogen) atoms. The molecule has 0 saturated heterocycles.